The van der Waals surface area contributed by atoms with Gasteiger partial charge < -0.3 is 31.7 Å². The maximum Gasteiger partial charge on any atom is 0.335 e. The number of hydrogen-bond acceptors (Lipinski definition) is 8. The number of nitrogens with one attached hydrogen (secondary N) is 2. The molecule has 0 saturated heterocycles. The summed E-state index contributed by atoms with van der Waals surface area (Å²) in [5, 5.41) is 33.9. The molecular weight excluding hydrogens is 619 g/mol. The van der Waals surface area contributed by atoms with E-state index in [0.29, 0.717) is 16.5 Å². The highest BCUT2D eigenvalue weighted by molar-refractivity contribution is 7.86. The van der Waals surface area contributed by atoms with Crippen molar-refractivity contribution in [2.45, 2.75) is 0 Å². The Hall–Kier alpha value is -3.97. The first-order chi connectivity index (χ1) is 18.8. The number of hydrogen-bond donors (Lipinski definition) is 6. The van der Waals surface area contributed by atoms with Crippen LogP contribution in [-0.4, -0.2) is 54.3 Å². The number of benzene rings is 3. The van der Waals surface area contributed by atoms with E-state index in [2.05, 4.69) is 45.2 Å². The second-order valence-electron chi connectivity index (χ2n) is 6.79. The molecule has 0 aromatic heterocycles. The standard InChI is InChI=1S/C9H10N2O2S.C8H5NO2S.C7H7NO2.CCl2S/c1-10-9(14)11-7-4-2-6(3-5-7)8(12)13;10-8(11)6-1-3-7(4-2-6)9-5-12;8-6-3-1-5(2-4-6)7(9)10;2-1(3)4/h2-5H,1H3,(H,12,13)(H2,10,11,14);1-4H,(H,10,11);1-4H,8H2,(H,9,10);. The number of aromatic carboxylic acids is 3. The average molecular weight is 642 g/mol. The van der Waals surface area contributed by atoms with Gasteiger partial charge in [-0.15, -0.1) is 0 Å². The third kappa shape index (κ3) is 16.8. The summed E-state index contributed by atoms with van der Waals surface area (Å²) in [6.07, 6.45) is 0. The Morgan fingerprint density at radius 2 is 1.12 bits per heavy atom. The number of nitrogen functional groups attached to an aromatic ring is 1. The average Bonchev–Trinajstić information content (AvgIpc) is 2.90. The van der Waals surface area contributed by atoms with E-state index in [1.54, 1.807) is 43.4 Å². The van der Waals surface area contributed by atoms with Gasteiger partial charge in [0.2, 0.25) is 0 Å². The summed E-state index contributed by atoms with van der Waals surface area (Å²) in [6, 6.07) is 18.5. The largest absolute Gasteiger partial charge is 0.478 e. The zero-order valence-electron chi connectivity index (χ0n) is 20.5. The number of carbonyl (C=O) groups is 3. The van der Waals surface area contributed by atoms with Gasteiger partial charge in [-0.1, -0.05) is 35.4 Å². The number of nitrogens with zero attached hydrogens (tertiary/aromatic N) is 1. The van der Waals surface area contributed by atoms with Crippen molar-refractivity contribution < 1.29 is 29.7 Å². The molecule has 3 aromatic carbocycles. The normalized spacial score (nSPS) is 8.78. The maximum atomic E-state index is 10.5. The molecule has 3 aromatic rings. The number of isothiocyanates is 1. The van der Waals surface area contributed by atoms with Crippen LogP contribution in [0.5, 0.6) is 0 Å². The van der Waals surface area contributed by atoms with Crippen molar-refractivity contribution in [1.29, 1.82) is 0 Å². The molecule has 0 unspecified atom stereocenters. The van der Waals surface area contributed by atoms with E-state index in [-0.39, 0.29) is 20.5 Å². The van der Waals surface area contributed by atoms with Crippen LogP contribution in [0.4, 0.5) is 17.1 Å². The number of anilines is 2. The van der Waals surface area contributed by atoms with Crippen molar-refractivity contribution in [2.24, 2.45) is 4.99 Å². The summed E-state index contributed by atoms with van der Waals surface area (Å²) in [6.45, 7) is 0. The SMILES string of the molecule is CNC(=S)Nc1ccc(C(=O)O)cc1.Nc1ccc(C(=O)O)cc1.O=C(O)c1ccc(N=C=S)cc1.S=C(Cl)Cl. The Kier molecular flexibility index (Phi) is 18.0. The van der Waals surface area contributed by atoms with Crippen LogP contribution >= 0.6 is 59.9 Å². The van der Waals surface area contributed by atoms with Gasteiger partial charge in [-0.3, -0.25) is 0 Å². The predicted molar refractivity (Wildman–Crippen MR) is 169 cm³/mol. The van der Waals surface area contributed by atoms with Crippen LogP contribution < -0.4 is 16.4 Å². The Labute approximate surface area is 255 Å². The third-order valence-electron chi connectivity index (χ3n) is 4.06. The molecule has 0 saturated carbocycles. The zero-order valence-corrected chi connectivity index (χ0v) is 24.5. The highest BCUT2D eigenvalue weighted by Crippen LogP contribution is 2.12. The van der Waals surface area contributed by atoms with E-state index >= 15 is 0 Å². The highest BCUT2D eigenvalue weighted by atomic mass is 35.5. The van der Waals surface area contributed by atoms with Crippen molar-refractivity contribution in [3.05, 3.63) is 89.5 Å². The second kappa shape index (κ2) is 20.0. The highest BCUT2D eigenvalue weighted by Gasteiger charge is 2.02. The molecular formula is C25H22Cl2N4O6S3. The first-order valence-corrected chi connectivity index (χ1v) is 12.5. The molecule has 3 rings (SSSR count). The van der Waals surface area contributed by atoms with Gasteiger partial charge >= 0.3 is 17.9 Å². The first-order valence-electron chi connectivity index (χ1n) is 10.5. The molecule has 0 bridgehead atoms. The minimum absolute atomic E-state index is 0.0556. The van der Waals surface area contributed by atoms with Crippen LogP contribution in [0.2, 0.25) is 0 Å². The molecule has 0 radical (unpaired) electrons. The summed E-state index contributed by atoms with van der Waals surface area (Å²) in [5.74, 6) is -2.82. The molecule has 15 heteroatoms. The number of carboxylic acid groups (broad SMARTS) is 3. The van der Waals surface area contributed by atoms with E-state index in [1.165, 1.54) is 36.4 Å². The van der Waals surface area contributed by atoms with Crippen molar-refractivity contribution in [1.82, 2.24) is 5.32 Å². The lowest BCUT2D eigenvalue weighted by atomic mass is 10.2. The first kappa shape index (κ1) is 36.0. The molecule has 0 spiro atoms. The van der Waals surface area contributed by atoms with Crippen molar-refractivity contribution >= 4 is 109 Å². The monoisotopic (exact) mass is 640 g/mol. The van der Waals surface area contributed by atoms with Gasteiger partial charge in [-0.2, -0.15) is 4.99 Å². The third-order valence-corrected chi connectivity index (χ3v) is 4.46. The second-order valence-corrected chi connectivity index (χ2v) is 9.19. The smallest absolute Gasteiger partial charge is 0.335 e. The molecule has 0 heterocycles. The van der Waals surface area contributed by atoms with Gasteiger partial charge in [-0.25, -0.2) is 14.4 Å². The van der Waals surface area contributed by atoms with E-state index in [4.69, 9.17) is 56.5 Å². The number of carboxylic acids is 3. The summed E-state index contributed by atoms with van der Waals surface area (Å²) < 4.78 is -0.0556. The van der Waals surface area contributed by atoms with E-state index in [9.17, 15) is 14.4 Å². The van der Waals surface area contributed by atoms with Crippen LogP contribution in [0.3, 0.4) is 0 Å². The molecule has 0 amide bonds. The van der Waals surface area contributed by atoms with Crippen molar-refractivity contribution in [3.8, 4) is 0 Å². The van der Waals surface area contributed by atoms with Crippen LogP contribution in [0.1, 0.15) is 31.1 Å². The number of aliphatic imine (C=N–C) groups is 1. The fourth-order valence-corrected chi connectivity index (χ4v) is 2.47. The summed E-state index contributed by atoms with van der Waals surface area (Å²) in [5.41, 5.74) is 8.02. The Bertz CT molecular complexity index is 1330. The predicted octanol–water partition coefficient (Wildman–Crippen LogP) is 6.14. The molecule has 7 N–H and O–H groups in total. The van der Waals surface area contributed by atoms with Gasteiger partial charge in [-0.05, 0) is 97.2 Å². The Morgan fingerprint density at radius 3 is 1.45 bits per heavy atom. The molecule has 40 heavy (non-hydrogen) atoms. The van der Waals surface area contributed by atoms with E-state index < -0.39 is 17.9 Å². The van der Waals surface area contributed by atoms with E-state index in [1.807, 2.05) is 0 Å². The fraction of sp³-hybridized carbons (Fsp3) is 0.0400. The van der Waals surface area contributed by atoms with Crippen molar-refractivity contribution in [2.75, 3.05) is 18.1 Å². The maximum absolute atomic E-state index is 10.5. The lowest BCUT2D eigenvalue weighted by Gasteiger charge is -2.06. The fourth-order valence-electron chi connectivity index (χ4n) is 2.25. The van der Waals surface area contributed by atoms with Gasteiger partial charge in [0.15, 0.2) is 8.90 Å². The molecule has 0 aliphatic rings. The van der Waals surface area contributed by atoms with Gasteiger partial charge in [0.1, 0.15) is 0 Å². The summed E-state index contributed by atoms with van der Waals surface area (Å²) in [7, 11) is 1.71. The minimum Gasteiger partial charge on any atom is -0.478 e. The van der Waals surface area contributed by atoms with Gasteiger partial charge in [0.25, 0.3) is 0 Å². The molecule has 0 fully saturated rings. The lowest BCUT2D eigenvalue weighted by Crippen LogP contribution is -2.24. The quantitative estimate of drug-likeness (QED) is 0.0815. The van der Waals surface area contributed by atoms with Crippen molar-refractivity contribution in [3.63, 3.8) is 0 Å². The molecule has 0 atom stereocenters. The zero-order chi connectivity index (χ0) is 30.7. The van der Waals surface area contributed by atoms with Crippen LogP contribution in [0, 0.1) is 0 Å². The Morgan fingerprint density at radius 1 is 0.775 bits per heavy atom. The summed E-state index contributed by atoms with van der Waals surface area (Å²) in [4.78, 5) is 34.9. The minimum atomic E-state index is -0.951. The molecule has 0 aliphatic carbocycles. The number of thiocarbonyl (C=S) groups is 3. The van der Waals surface area contributed by atoms with E-state index in [0.717, 1.165) is 5.69 Å². The van der Waals surface area contributed by atoms with Gasteiger partial charge in [0, 0.05) is 18.4 Å². The topological polar surface area (TPSA) is 174 Å². The number of rotatable bonds is 5. The lowest BCUT2D eigenvalue weighted by molar-refractivity contribution is 0.0686. The van der Waals surface area contributed by atoms with Crippen LogP contribution in [-0.2, 0) is 0 Å². The molecule has 10 nitrogen and oxygen atoms in total. The van der Waals surface area contributed by atoms with Gasteiger partial charge in [0.05, 0.1) is 27.5 Å². The summed E-state index contributed by atoms with van der Waals surface area (Å²) >= 11 is 22.9. The number of halogens is 2. The number of nitrogens with two attached hydrogens (primary N) is 1. The van der Waals surface area contributed by atoms with Crippen LogP contribution in [0.25, 0.3) is 0 Å². The molecule has 0 aliphatic heterocycles. The molecule has 210 valence electrons. The van der Waals surface area contributed by atoms with Crippen LogP contribution in [0.15, 0.2) is 77.8 Å². The Balaban J connectivity index is 0.000000540.